The van der Waals surface area contributed by atoms with Crippen molar-refractivity contribution in [2.75, 3.05) is 6.61 Å². The Hall–Kier alpha value is -0.900. The molecular weight excluding hydrogens is 230 g/mol. The third-order valence-electron chi connectivity index (χ3n) is 5.04. The number of carbonyl (C=O) groups is 2. The van der Waals surface area contributed by atoms with Crippen molar-refractivity contribution >= 4 is 11.8 Å². The molecule has 100 valence electrons. The Bertz CT molecular complexity index is 346. The molecule has 3 aliphatic rings. The standard InChI is InChI=1S/C14H21NO3/c16-8-11-3-1-2-4-12(11)15-13(17)9-5-6-10(7-9)14(15)18/h9-12,16H,1-8H2. The van der Waals surface area contributed by atoms with Crippen LogP contribution in [0.4, 0.5) is 0 Å². The molecule has 4 atom stereocenters. The van der Waals surface area contributed by atoms with Crippen LogP contribution in [0.3, 0.4) is 0 Å². The summed E-state index contributed by atoms with van der Waals surface area (Å²) in [5.41, 5.74) is 0. The van der Waals surface area contributed by atoms with E-state index in [0.29, 0.717) is 0 Å². The number of amides is 2. The summed E-state index contributed by atoms with van der Waals surface area (Å²) >= 11 is 0. The van der Waals surface area contributed by atoms with Crippen LogP contribution >= 0.6 is 0 Å². The topological polar surface area (TPSA) is 57.6 Å². The van der Waals surface area contributed by atoms with Crippen LogP contribution in [0.1, 0.15) is 44.9 Å². The molecule has 4 nitrogen and oxygen atoms in total. The largest absolute Gasteiger partial charge is 0.396 e. The number of rotatable bonds is 2. The summed E-state index contributed by atoms with van der Waals surface area (Å²) < 4.78 is 0. The van der Waals surface area contributed by atoms with Gasteiger partial charge in [-0.15, -0.1) is 0 Å². The molecule has 2 saturated carbocycles. The molecular formula is C14H21NO3. The molecule has 3 fully saturated rings. The van der Waals surface area contributed by atoms with Gasteiger partial charge in [0.2, 0.25) is 11.8 Å². The third kappa shape index (κ3) is 1.78. The lowest BCUT2D eigenvalue weighted by Gasteiger charge is -2.41. The molecule has 0 aromatic rings. The lowest BCUT2D eigenvalue weighted by molar-refractivity contribution is -0.158. The minimum absolute atomic E-state index is 0.0350. The van der Waals surface area contributed by atoms with E-state index in [0.717, 1.165) is 44.9 Å². The average Bonchev–Trinajstić information content (AvgIpc) is 2.84. The summed E-state index contributed by atoms with van der Waals surface area (Å²) in [5, 5.41) is 9.46. The molecule has 0 radical (unpaired) electrons. The van der Waals surface area contributed by atoms with E-state index in [9.17, 15) is 14.7 Å². The van der Waals surface area contributed by atoms with Gasteiger partial charge in [-0.2, -0.15) is 0 Å². The Morgan fingerprint density at radius 1 is 1.00 bits per heavy atom. The zero-order valence-corrected chi connectivity index (χ0v) is 10.7. The molecule has 2 aliphatic carbocycles. The number of hydrogen-bond acceptors (Lipinski definition) is 3. The molecule has 1 heterocycles. The Morgan fingerprint density at radius 3 is 2.22 bits per heavy atom. The molecule has 1 N–H and O–H groups in total. The second-order valence-corrected chi connectivity index (χ2v) is 6.05. The van der Waals surface area contributed by atoms with Crippen molar-refractivity contribution < 1.29 is 14.7 Å². The number of aliphatic hydroxyl groups excluding tert-OH is 1. The van der Waals surface area contributed by atoms with Crippen LogP contribution in [0.25, 0.3) is 0 Å². The molecule has 1 aliphatic heterocycles. The quantitative estimate of drug-likeness (QED) is 0.753. The minimum atomic E-state index is -0.0350. The zero-order chi connectivity index (χ0) is 12.7. The molecule has 2 amide bonds. The molecule has 18 heavy (non-hydrogen) atoms. The van der Waals surface area contributed by atoms with Gasteiger partial charge < -0.3 is 5.11 Å². The highest BCUT2D eigenvalue weighted by Gasteiger charge is 2.49. The summed E-state index contributed by atoms with van der Waals surface area (Å²) in [7, 11) is 0. The average molecular weight is 251 g/mol. The number of fused-ring (bicyclic) bond motifs is 2. The van der Waals surface area contributed by atoms with E-state index in [-0.39, 0.29) is 42.2 Å². The van der Waals surface area contributed by atoms with Gasteiger partial charge in [0.25, 0.3) is 0 Å². The smallest absolute Gasteiger partial charge is 0.232 e. The number of likely N-dealkylation sites (tertiary alicyclic amines) is 1. The van der Waals surface area contributed by atoms with Gasteiger partial charge in [-0.05, 0) is 32.1 Å². The highest BCUT2D eigenvalue weighted by atomic mass is 16.3. The maximum Gasteiger partial charge on any atom is 0.232 e. The number of aliphatic hydroxyl groups is 1. The molecule has 4 heteroatoms. The Morgan fingerprint density at radius 2 is 1.61 bits per heavy atom. The Balaban J connectivity index is 1.85. The molecule has 0 spiro atoms. The van der Waals surface area contributed by atoms with Crippen molar-refractivity contribution in [3.8, 4) is 0 Å². The summed E-state index contributed by atoms with van der Waals surface area (Å²) in [6.45, 7) is 0.0943. The monoisotopic (exact) mass is 251 g/mol. The van der Waals surface area contributed by atoms with E-state index in [1.165, 1.54) is 0 Å². The minimum Gasteiger partial charge on any atom is -0.396 e. The van der Waals surface area contributed by atoms with E-state index < -0.39 is 0 Å². The number of imide groups is 1. The van der Waals surface area contributed by atoms with Crippen LogP contribution in [0.15, 0.2) is 0 Å². The SMILES string of the molecule is O=C1C2CCC(C2)C(=O)N1C1CCCCC1CO. The first kappa shape index (κ1) is 12.2. The van der Waals surface area contributed by atoms with E-state index in [1.807, 2.05) is 0 Å². The van der Waals surface area contributed by atoms with Crippen molar-refractivity contribution in [2.45, 2.75) is 51.0 Å². The summed E-state index contributed by atoms with van der Waals surface area (Å²) in [5.74, 6) is 0.338. The number of carbonyl (C=O) groups excluding carboxylic acids is 2. The zero-order valence-electron chi connectivity index (χ0n) is 10.7. The summed E-state index contributed by atoms with van der Waals surface area (Å²) in [4.78, 5) is 26.3. The second kappa shape index (κ2) is 4.65. The maximum atomic E-state index is 12.4. The normalized spacial score (nSPS) is 40.4. The molecule has 3 rings (SSSR count). The lowest BCUT2D eigenvalue weighted by atomic mass is 9.82. The van der Waals surface area contributed by atoms with Gasteiger partial charge >= 0.3 is 0 Å². The van der Waals surface area contributed by atoms with E-state index in [4.69, 9.17) is 0 Å². The Labute approximate surface area is 107 Å². The van der Waals surface area contributed by atoms with Crippen LogP contribution in [0.5, 0.6) is 0 Å². The van der Waals surface area contributed by atoms with Gasteiger partial charge in [-0.1, -0.05) is 12.8 Å². The molecule has 4 unspecified atom stereocenters. The molecule has 0 aromatic heterocycles. The summed E-state index contributed by atoms with van der Waals surface area (Å²) in [6, 6.07) is -0.0350. The van der Waals surface area contributed by atoms with Crippen molar-refractivity contribution in [1.29, 1.82) is 0 Å². The molecule has 2 bridgehead atoms. The molecule has 1 saturated heterocycles. The van der Waals surface area contributed by atoms with Crippen LogP contribution in [0, 0.1) is 17.8 Å². The second-order valence-electron chi connectivity index (χ2n) is 6.05. The number of nitrogens with zero attached hydrogens (tertiary/aromatic N) is 1. The van der Waals surface area contributed by atoms with Gasteiger partial charge in [0.15, 0.2) is 0 Å². The highest BCUT2D eigenvalue weighted by molar-refractivity contribution is 6.01. The van der Waals surface area contributed by atoms with Gasteiger partial charge in [-0.3, -0.25) is 14.5 Å². The third-order valence-corrected chi connectivity index (χ3v) is 5.04. The van der Waals surface area contributed by atoms with Crippen molar-refractivity contribution in [1.82, 2.24) is 4.90 Å². The van der Waals surface area contributed by atoms with Crippen LogP contribution in [-0.2, 0) is 9.59 Å². The van der Waals surface area contributed by atoms with Crippen LogP contribution in [-0.4, -0.2) is 34.5 Å². The van der Waals surface area contributed by atoms with E-state index in [1.54, 1.807) is 4.90 Å². The van der Waals surface area contributed by atoms with Gasteiger partial charge in [0.05, 0.1) is 0 Å². The van der Waals surface area contributed by atoms with Crippen molar-refractivity contribution in [3.05, 3.63) is 0 Å². The van der Waals surface area contributed by atoms with E-state index >= 15 is 0 Å². The van der Waals surface area contributed by atoms with Gasteiger partial charge in [-0.25, -0.2) is 0 Å². The number of hydrogen-bond donors (Lipinski definition) is 1. The van der Waals surface area contributed by atoms with Gasteiger partial charge in [0, 0.05) is 30.4 Å². The highest BCUT2D eigenvalue weighted by Crippen LogP contribution is 2.41. The summed E-state index contributed by atoms with van der Waals surface area (Å²) in [6.07, 6.45) is 6.50. The fourth-order valence-electron chi connectivity index (χ4n) is 4.00. The fourth-order valence-corrected chi connectivity index (χ4v) is 4.00. The van der Waals surface area contributed by atoms with E-state index in [2.05, 4.69) is 0 Å². The lowest BCUT2D eigenvalue weighted by Crippen LogP contribution is -2.55. The first-order chi connectivity index (χ1) is 8.72. The van der Waals surface area contributed by atoms with Crippen LogP contribution in [0.2, 0.25) is 0 Å². The Kier molecular flexibility index (Phi) is 3.14. The number of piperidine rings is 1. The van der Waals surface area contributed by atoms with Crippen molar-refractivity contribution in [3.63, 3.8) is 0 Å². The maximum absolute atomic E-state index is 12.4. The fraction of sp³-hybridized carbons (Fsp3) is 0.857. The van der Waals surface area contributed by atoms with Gasteiger partial charge in [0.1, 0.15) is 0 Å². The predicted octanol–water partition coefficient (Wildman–Crippen LogP) is 1.32. The predicted molar refractivity (Wildman–Crippen MR) is 65.5 cm³/mol. The first-order valence-corrected chi connectivity index (χ1v) is 7.20. The van der Waals surface area contributed by atoms with Crippen molar-refractivity contribution in [2.24, 2.45) is 17.8 Å². The van der Waals surface area contributed by atoms with Crippen LogP contribution < -0.4 is 0 Å². The molecule has 0 aromatic carbocycles. The first-order valence-electron chi connectivity index (χ1n) is 7.20.